The Morgan fingerprint density at radius 3 is 2.22 bits per heavy atom. The Morgan fingerprint density at radius 2 is 1.62 bits per heavy atom. The first kappa shape index (κ1) is 23.3. The fraction of sp³-hybridized carbons (Fsp3) is 0.240. The first-order valence-electron chi connectivity index (χ1n) is 10.4. The van der Waals surface area contributed by atoms with Crippen LogP contribution in [0.25, 0.3) is 0 Å². The third-order valence-electron chi connectivity index (χ3n) is 5.17. The lowest BCUT2D eigenvalue weighted by Gasteiger charge is -2.27. The zero-order valence-corrected chi connectivity index (χ0v) is 19.3. The Morgan fingerprint density at radius 1 is 1.00 bits per heavy atom. The molecule has 0 spiro atoms. The molecule has 7 heteroatoms. The van der Waals surface area contributed by atoms with Crippen LogP contribution in [-0.4, -0.2) is 28.0 Å². The lowest BCUT2D eigenvalue weighted by atomic mass is 10.0. The molecule has 6 nitrogen and oxygen atoms in total. The van der Waals surface area contributed by atoms with Crippen LogP contribution in [0.2, 0.25) is 0 Å². The van der Waals surface area contributed by atoms with E-state index in [1.54, 1.807) is 30.3 Å². The highest BCUT2D eigenvalue weighted by Crippen LogP contribution is 2.33. The second-order valence-corrected chi connectivity index (χ2v) is 9.30. The zero-order valence-electron chi connectivity index (χ0n) is 18.5. The van der Waals surface area contributed by atoms with Gasteiger partial charge in [0, 0.05) is 0 Å². The van der Waals surface area contributed by atoms with Crippen LogP contribution in [0.5, 0.6) is 5.75 Å². The van der Waals surface area contributed by atoms with Crippen molar-refractivity contribution in [2.24, 2.45) is 0 Å². The number of sulfonamides is 1. The van der Waals surface area contributed by atoms with Crippen molar-refractivity contribution in [2.75, 3.05) is 18.0 Å². The standard InChI is InChI=1S/C25H28N2O4S/c1-4-22(20-11-7-5-8-12-20)26-25(28)18-27(23-17-19(2)15-16-24(23)31-3)32(29,30)21-13-9-6-10-14-21/h5-17,22H,4,18H2,1-3H3,(H,26,28)/t22-/m0/s1. The number of amides is 1. The van der Waals surface area contributed by atoms with Crippen LogP contribution in [0.3, 0.4) is 0 Å². The van der Waals surface area contributed by atoms with Crippen LogP contribution in [0.1, 0.15) is 30.5 Å². The van der Waals surface area contributed by atoms with Gasteiger partial charge < -0.3 is 10.1 Å². The normalized spacial score (nSPS) is 12.1. The van der Waals surface area contributed by atoms with Gasteiger partial charge in [0.15, 0.2) is 0 Å². The number of hydrogen-bond donors (Lipinski definition) is 1. The van der Waals surface area contributed by atoms with Crippen LogP contribution in [0.15, 0.2) is 83.8 Å². The van der Waals surface area contributed by atoms with Crippen molar-refractivity contribution < 1.29 is 17.9 Å². The van der Waals surface area contributed by atoms with E-state index in [-0.39, 0.29) is 17.5 Å². The molecule has 3 aromatic carbocycles. The molecule has 32 heavy (non-hydrogen) atoms. The topological polar surface area (TPSA) is 75.7 Å². The summed E-state index contributed by atoms with van der Waals surface area (Å²) < 4.78 is 33.7. The maximum atomic E-state index is 13.6. The molecule has 0 heterocycles. The average molecular weight is 453 g/mol. The number of aryl methyl sites for hydroxylation is 1. The van der Waals surface area contributed by atoms with Crippen LogP contribution in [-0.2, 0) is 14.8 Å². The second-order valence-electron chi connectivity index (χ2n) is 7.44. The van der Waals surface area contributed by atoms with Gasteiger partial charge in [-0.15, -0.1) is 0 Å². The summed E-state index contributed by atoms with van der Waals surface area (Å²) in [7, 11) is -2.54. The predicted molar refractivity (Wildman–Crippen MR) is 126 cm³/mol. The lowest BCUT2D eigenvalue weighted by Crippen LogP contribution is -2.42. The van der Waals surface area contributed by atoms with Gasteiger partial charge in [-0.3, -0.25) is 9.10 Å². The Bertz CT molecular complexity index is 1150. The molecule has 3 aromatic rings. The minimum Gasteiger partial charge on any atom is -0.495 e. The fourth-order valence-corrected chi connectivity index (χ4v) is 4.94. The van der Waals surface area contributed by atoms with E-state index in [1.165, 1.54) is 19.2 Å². The average Bonchev–Trinajstić information content (AvgIpc) is 2.82. The molecule has 0 aliphatic rings. The third kappa shape index (κ3) is 5.29. The SMILES string of the molecule is CC[C@H](NC(=O)CN(c1cc(C)ccc1OC)S(=O)(=O)c1ccccc1)c1ccccc1. The van der Waals surface area contributed by atoms with Crippen LogP contribution < -0.4 is 14.4 Å². The summed E-state index contributed by atoms with van der Waals surface area (Å²) >= 11 is 0. The van der Waals surface area contributed by atoms with Crippen molar-refractivity contribution in [1.82, 2.24) is 5.32 Å². The molecule has 0 unspecified atom stereocenters. The summed E-state index contributed by atoms with van der Waals surface area (Å²) in [6.45, 7) is 3.46. The van der Waals surface area contributed by atoms with Gasteiger partial charge in [-0.25, -0.2) is 8.42 Å². The number of nitrogens with zero attached hydrogens (tertiary/aromatic N) is 1. The van der Waals surface area contributed by atoms with E-state index in [0.29, 0.717) is 17.9 Å². The van der Waals surface area contributed by atoms with E-state index in [2.05, 4.69) is 5.32 Å². The summed E-state index contributed by atoms with van der Waals surface area (Å²) in [6, 6.07) is 22.7. The monoisotopic (exact) mass is 452 g/mol. The number of rotatable bonds is 9. The maximum Gasteiger partial charge on any atom is 0.264 e. The van der Waals surface area contributed by atoms with E-state index in [9.17, 15) is 13.2 Å². The van der Waals surface area contributed by atoms with Gasteiger partial charge in [0.2, 0.25) is 5.91 Å². The molecule has 1 N–H and O–H groups in total. The zero-order chi connectivity index (χ0) is 23.1. The van der Waals surface area contributed by atoms with Gasteiger partial charge in [0.05, 0.1) is 23.7 Å². The smallest absolute Gasteiger partial charge is 0.264 e. The van der Waals surface area contributed by atoms with Crippen molar-refractivity contribution in [2.45, 2.75) is 31.2 Å². The molecule has 0 aliphatic heterocycles. The molecule has 1 atom stereocenters. The number of benzene rings is 3. The number of nitrogens with one attached hydrogen (secondary N) is 1. The molecule has 0 bridgehead atoms. The summed E-state index contributed by atoms with van der Waals surface area (Å²) in [4.78, 5) is 13.2. The van der Waals surface area contributed by atoms with Gasteiger partial charge >= 0.3 is 0 Å². The Balaban J connectivity index is 1.98. The van der Waals surface area contributed by atoms with E-state index in [4.69, 9.17) is 4.74 Å². The molecule has 1 amide bonds. The highest BCUT2D eigenvalue weighted by atomic mass is 32.2. The van der Waals surface area contributed by atoms with Gasteiger partial charge in [-0.05, 0) is 48.7 Å². The van der Waals surface area contributed by atoms with E-state index in [0.717, 1.165) is 15.4 Å². The van der Waals surface area contributed by atoms with E-state index in [1.807, 2.05) is 50.2 Å². The molecular formula is C25H28N2O4S. The molecule has 0 aromatic heterocycles. The van der Waals surface area contributed by atoms with Gasteiger partial charge in [0.1, 0.15) is 12.3 Å². The summed E-state index contributed by atoms with van der Waals surface area (Å²) in [5.41, 5.74) is 2.14. The Hall–Kier alpha value is -3.32. The number of carbonyl (C=O) groups excluding carboxylic acids is 1. The second kappa shape index (κ2) is 10.3. The lowest BCUT2D eigenvalue weighted by molar-refractivity contribution is -0.120. The fourth-order valence-electron chi connectivity index (χ4n) is 3.49. The molecule has 3 rings (SSSR count). The van der Waals surface area contributed by atoms with Crippen molar-refractivity contribution in [3.8, 4) is 5.75 Å². The number of methoxy groups -OCH3 is 1. The number of anilines is 1. The molecule has 0 radical (unpaired) electrons. The van der Waals surface area contributed by atoms with E-state index < -0.39 is 15.9 Å². The van der Waals surface area contributed by atoms with Crippen LogP contribution in [0.4, 0.5) is 5.69 Å². The van der Waals surface area contributed by atoms with Crippen molar-refractivity contribution >= 4 is 21.6 Å². The highest BCUT2D eigenvalue weighted by Gasteiger charge is 2.30. The first-order valence-corrected chi connectivity index (χ1v) is 11.9. The molecule has 0 saturated heterocycles. The summed E-state index contributed by atoms with van der Waals surface area (Å²) in [6.07, 6.45) is 0.676. The van der Waals surface area contributed by atoms with Gasteiger partial charge in [-0.1, -0.05) is 61.5 Å². The highest BCUT2D eigenvalue weighted by molar-refractivity contribution is 7.92. The predicted octanol–water partition coefficient (Wildman–Crippen LogP) is 4.47. The molecule has 0 fully saturated rings. The number of carbonyl (C=O) groups is 1. The van der Waals surface area contributed by atoms with Crippen molar-refractivity contribution in [3.63, 3.8) is 0 Å². The van der Waals surface area contributed by atoms with Crippen molar-refractivity contribution in [3.05, 3.63) is 90.0 Å². The molecule has 0 aliphatic carbocycles. The van der Waals surface area contributed by atoms with E-state index >= 15 is 0 Å². The summed E-state index contributed by atoms with van der Waals surface area (Å²) in [5.74, 6) is -0.0261. The van der Waals surface area contributed by atoms with Crippen molar-refractivity contribution in [1.29, 1.82) is 0 Å². The minimum atomic E-state index is -4.01. The summed E-state index contributed by atoms with van der Waals surface area (Å²) in [5, 5.41) is 2.97. The van der Waals surface area contributed by atoms with Gasteiger partial charge in [-0.2, -0.15) is 0 Å². The molecule has 0 saturated carbocycles. The first-order chi connectivity index (χ1) is 15.4. The van der Waals surface area contributed by atoms with Crippen LogP contribution >= 0.6 is 0 Å². The quantitative estimate of drug-likeness (QED) is 0.520. The largest absolute Gasteiger partial charge is 0.495 e. The third-order valence-corrected chi connectivity index (χ3v) is 6.94. The van der Waals surface area contributed by atoms with Gasteiger partial charge in [0.25, 0.3) is 10.0 Å². The number of hydrogen-bond acceptors (Lipinski definition) is 4. The minimum absolute atomic E-state index is 0.103. The maximum absolute atomic E-state index is 13.6. The molecule has 168 valence electrons. The van der Waals surface area contributed by atoms with Crippen LogP contribution in [0, 0.1) is 6.92 Å². The Labute approximate surface area is 189 Å². The number of ether oxygens (including phenoxy) is 1. The Kier molecular flexibility index (Phi) is 7.53. The molecular weight excluding hydrogens is 424 g/mol.